The number of ether oxygens (including phenoxy) is 1. The number of pyridine rings is 1. The van der Waals surface area contributed by atoms with Crippen LogP contribution in [0.4, 0.5) is 0 Å². The van der Waals surface area contributed by atoms with Crippen molar-refractivity contribution >= 4 is 44.0 Å². The van der Waals surface area contributed by atoms with Gasteiger partial charge < -0.3 is 15.2 Å². The van der Waals surface area contributed by atoms with Crippen molar-refractivity contribution in [3.8, 4) is 10.4 Å². The van der Waals surface area contributed by atoms with Crippen molar-refractivity contribution in [3.05, 3.63) is 70.6 Å². The number of allylic oxidation sites excluding steroid dienone is 3. The van der Waals surface area contributed by atoms with Crippen molar-refractivity contribution in [2.75, 3.05) is 26.3 Å². The molecule has 0 amide bonds. The van der Waals surface area contributed by atoms with E-state index in [1.165, 1.54) is 15.3 Å². The van der Waals surface area contributed by atoms with E-state index in [2.05, 4.69) is 21.4 Å². The SMILES string of the molecule is CC1(S(=O)(=O)n2ccc3c(-c4cnc(C5(O)COC5)s4)ccnc32)C=C(Cl)C=CC1C1=CCNCC1. The molecule has 2 N–H and O–H groups in total. The van der Waals surface area contributed by atoms with E-state index in [1.54, 1.807) is 43.7 Å². The Morgan fingerprint density at radius 1 is 1.31 bits per heavy atom. The van der Waals surface area contributed by atoms with Gasteiger partial charge in [-0.15, -0.1) is 11.3 Å². The zero-order chi connectivity index (χ0) is 25.1. The van der Waals surface area contributed by atoms with Gasteiger partial charge in [-0.1, -0.05) is 29.3 Å². The first kappa shape index (κ1) is 24.0. The Labute approximate surface area is 218 Å². The highest BCUT2D eigenvalue weighted by Gasteiger charge is 2.48. The number of aromatic nitrogens is 3. The molecule has 0 aromatic carbocycles. The lowest BCUT2D eigenvalue weighted by Gasteiger charge is -2.38. The fourth-order valence-electron chi connectivity index (χ4n) is 5.11. The number of nitrogens with one attached hydrogen (secondary N) is 1. The maximum Gasteiger partial charge on any atom is 0.250 e. The van der Waals surface area contributed by atoms with Crippen LogP contribution in [0.15, 0.2) is 65.6 Å². The third-order valence-electron chi connectivity index (χ3n) is 7.21. The third-order valence-corrected chi connectivity index (χ3v) is 11.0. The Morgan fingerprint density at radius 3 is 2.86 bits per heavy atom. The molecule has 2 aliphatic heterocycles. The van der Waals surface area contributed by atoms with Gasteiger partial charge in [0.05, 0.1) is 18.1 Å². The highest BCUT2D eigenvalue weighted by molar-refractivity contribution is 7.91. The van der Waals surface area contributed by atoms with E-state index in [1.807, 2.05) is 12.1 Å². The molecule has 5 heterocycles. The minimum Gasteiger partial charge on any atom is -0.378 e. The highest BCUT2D eigenvalue weighted by atomic mass is 35.5. The van der Waals surface area contributed by atoms with Gasteiger partial charge >= 0.3 is 0 Å². The molecule has 0 spiro atoms. The summed E-state index contributed by atoms with van der Waals surface area (Å²) in [5, 5.41) is 15.5. The molecule has 3 aliphatic rings. The topological polar surface area (TPSA) is 106 Å². The van der Waals surface area contributed by atoms with Crippen LogP contribution in [0, 0.1) is 5.92 Å². The van der Waals surface area contributed by atoms with E-state index in [0.717, 1.165) is 29.0 Å². The predicted molar refractivity (Wildman–Crippen MR) is 140 cm³/mol. The van der Waals surface area contributed by atoms with Crippen molar-refractivity contribution in [1.29, 1.82) is 0 Å². The highest BCUT2D eigenvalue weighted by Crippen LogP contribution is 2.43. The Morgan fingerprint density at radius 2 is 2.14 bits per heavy atom. The van der Waals surface area contributed by atoms with Gasteiger partial charge in [-0.05, 0) is 44.2 Å². The predicted octanol–water partition coefficient (Wildman–Crippen LogP) is 3.54. The summed E-state index contributed by atoms with van der Waals surface area (Å²) in [6.07, 6.45) is 13.0. The Bertz CT molecular complexity index is 1550. The Hall–Kier alpha value is -2.34. The second-order valence-corrected chi connectivity index (χ2v) is 13.2. The van der Waals surface area contributed by atoms with E-state index in [4.69, 9.17) is 16.3 Å². The zero-order valence-corrected chi connectivity index (χ0v) is 21.9. The summed E-state index contributed by atoms with van der Waals surface area (Å²) in [5.74, 6) is -0.345. The van der Waals surface area contributed by atoms with Gasteiger partial charge in [-0.3, -0.25) is 0 Å². The molecule has 2 unspecified atom stereocenters. The first-order chi connectivity index (χ1) is 17.2. The van der Waals surface area contributed by atoms with Gasteiger partial charge in [0.2, 0.25) is 10.0 Å². The first-order valence-electron chi connectivity index (χ1n) is 11.7. The molecule has 1 saturated heterocycles. The van der Waals surface area contributed by atoms with Crippen molar-refractivity contribution in [2.45, 2.75) is 23.7 Å². The third kappa shape index (κ3) is 3.62. The molecule has 0 radical (unpaired) electrons. The number of fused-ring (bicyclic) bond motifs is 1. The summed E-state index contributed by atoms with van der Waals surface area (Å²) in [6.45, 7) is 3.68. The quantitative estimate of drug-likeness (QED) is 0.473. The summed E-state index contributed by atoms with van der Waals surface area (Å²) in [4.78, 5) is 9.69. The second kappa shape index (κ2) is 8.61. The molecule has 1 fully saturated rings. The maximum atomic E-state index is 14.3. The van der Waals surface area contributed by atoms with E-state index in [0.29, 0.717) is 27.6 Å². The molecule has 6 rings (SSSR count). The van der Waals surface area contributed by atoms with Crippen LogP contribution in [0.3, 0.4) is 0 Å². The normalized spacial score (nSPS) is 25.9. The smallest absolute Gasteiger partial charge is 0.250 e. The molecule has 11 heteroatoms. The van der Waals surface area contributed by atoms with E-state index in [9.17, 15) is 13.5 Å². The molecule has 0 bridgehead atoms. The lowest BCUT2D eigenvalue weighted by Crippen LogP contribution is -2.46. The fraction of sp³-hybridized carbons (Fsp3) is 0.360. The van der Waals surface area contributed by atoms with Crippen LogP contribution >= 0.6 is 22.9 Å². The molecule has 2 atom stereocenters. The molecule has 8 nitrogen and oxygen atoms in total. The second-order valence-electron chi connectivity index (χ2n) is 9.55. The van der Waals surface area contributed by atoms with Crippen molar-refractivity contribution in [2.24, 2.45) is 5.92 Å². The molecular weight excluding hydrogens is 520 g/mol. The van der Waals surface area contributed by atoms with Crippen LogP contribution in [0.2, 0.25) is 0 Å². The molecule has 0 saturated carbocycles. The average molecular weight is 545 g/mol. The fourth-order valence-corrected chi connectivity index (χ4v) is 8.33. The number of hydrogen-bond donors (Lipinski definition) is 2. The summed E-state index contributed by atoms with van der Waals surface area (Å²) in [7, 11) is -3.98. The zero-order valence-electron chi connectivity index (χ0n) is 19.5. The van der Waals surface area contributed by atoms with Gasteiger partial charge in [-0.25, -0.2) is 22.4 Å². The summed E-state index contributed by atoms with van der Waals surface area (Å²) < 4.78 is 33.7. The number of thiazole rings is 1. The summed E-state index contributed by atoms with van der Waals surface area (Å²) in [5.41, 5.74) is 1.17. The lowest BCUT2D eigenvalue weighted by atomic mass is 9.81. The van der Waals surface area contributed by atoms with Gasteiger partial charge in [0, 0.05) is 47.0 Å². The Kier molecular flexibility index (Phi) is 5.75. The number of hydrogen-bond acceptors (Lipinski definition) is 8. The van der Waals surface area contributed by atoms with Crippen LogP contribution in [0.1, 0.15) is 18.4 Å². The van der Waals surface area contributed by atoms with Crippen LogP contribution in [-0.4, -0.2) is 58.5 Å². The summed E-state index contributed by atoms with van der Waals surface area (Å²) >= 11 is 7.74. The monoisotopic (exact) mass is 544 g/mol. The minimum atomic E-state index is -3.98. The largest absolute Gasteiger partial charge is 0.378 e. The van der Waals surface area contributed by atoms with Crippen molar-refractivity contribution in [1.82, 2.24) is 19.3 Å². The van der Waals surface area contributed by atoms with Gasteiger partial charge in [0.25, 0.3) is 0 Å². The van der Waals surface area contributed by atoms with Gasteiger partial charge in [0.15, 0.2) is 11.2 Å². The molecule has 188 valence electrons. The average Bonchev–Trinajstić information content (AvgIpc) is 3.51. The van der Waals surface area contributed by atoms with Crippen LogP contribution in [0.25, 0.3) is 21.5 Å². The van der Waals surface area contributed by atoms with Gasteiger partial charge in [-0.2, -0.15) is 0 Å². The molecule has 3 aromatic heterocycles. The van der Waals surface area contributed by atoms with Crippen LogP contribution in [-0.2, 0) is 20.4 Å². The van der Waals surface area contributed by atoms with Crippen molar-refractivity contribution in [3.63, 3.8) is 0 Å². The maximum absolute atomic E-state index is 14.3. The van der Waals surface area contributed by atoms with Crippen LogP contribution < -0.4 is 5.32 Å². The lowest BCUT2D eigenvalue weighted by molar-refractivity contribution is -0.184. The standard InChI is InChI=1S/C25H25ClN4O4S2/c1-24(12-17(26)2-3-20(24)16-4-8-27-9-5-16)36(32,33)30-11-7-19-18(6-10-28-22(19)30)21-13-29-23(35-21)25(31)14-34-15-25/h2-4,6-7,10-13,20,27,31H,5,8-9,14-15H2,1H3. The van der Waals surface area contributed by atoms with Crippen LogP contribution in [0.5, 0.6) is 0 Å². The summed E-state index contributed by atoms with van der Waals surface area (Å²) in [6, 6.07) is 3.60. The van der Waals surface area contributed by atoms with E-state index in [-0.39, 0.29) is 19.1 Å². The first-order valence-corrected chi connectivity index (χ1v) is 14.3. The number of rotatable bonds is 5. The minimum absolute atomic E-state index is 0.219. The molecule has 1 aliphatic carbocycles. The molecular formula is C25H25ClN4O4S2. The number of nitrogens with zero attached hydrogens (tertiary/aromatic N) is 3. The number of halogens is 1. The van der Waals surface area contributed by atoms with E-state index >= 15 is 0 Å². The number of aliphatic hydroxyl groups is 1. The van der Waals surface area contributed by atoms with E-state index < -0.39 is 20.4 Å². The molecule has 36 heavy (non-hydrogen) atoms. The van der Waals surface area contributed by atoms with Gasteiger partial charge in [0.1, 0.15) is 9.75 Å². The Balaban J connectivity index is 1.44. The van der Waals surface area contributed by atoms with Crippen molar-refractivity contribution < 1.29 is 18.3 Å². The molecule has 3 aromatic rings.